The van der Waals surface area contributed by atoms with Crippen LogP contribution in [0.4, 0.5) is 17.2 Å². The molecule has 4 rings (SSSR count). The fraction of sp³-hybridized carbons (Fsp3) is 0.227. The molecule has 0 saturated carbocycles. The number of hydrogen-bond acceptors (Lipinski definition) is 5. The molecule has 1 fully saturated rings. The molecule has 1 N–H and O–H groups in total. The van der Waals surface area contributed by atoms with Gasteiger partial charge < -0.3 is 15.1 Å². The van der Waals surface area contributed by atoms with E-state index in [2.05, 4.69) is 27.1 Å². The van der Waals surface area contributed by atoms with Gasteiger partial charge in [0, 0.05) is 44.3 Å². The van der Waals surface area contributed by atoms with Crippen LogP contribution < -0.4 is 10.2 Å². The normalized spacial score (nSPS) is 14.0. The molecule has 1 amide bonds. The lowest BCUT2D eigenvalue weighted by molar-refractivity contribution is 0.0746. The van der Waals surface area contributed by atoms with Crippen molar-refractivity contribution in [2.75, 3.05) is 36.4 Å². The average Bonchev–Trinajstić information content (AvgIpc) is 2.76. The number of carbonyl (C=O) groups is 1. The van der Waals surface area contributed by atoms with Gasteiger partial charge in [-0.3, -0.25) is 9.78 Å². The first-order valence-corrected chi connectivity index (χ1v) is 9.43. The van der Waals surface area contributed by atoms with E-state index in [1.165, 1.54) is 5.56 Å². The lowest BCUT2D eigenvalue weighted by Gasteiger charge is -2.35. The summed E-state index contributed by atoms with van der Waals surface area (Å²) in [5, 5.41) is 3.31. The molecule has 0 bridgehead atoms. The van der Waals surface area contributed by atoms with Gasteiger partial charge in [0.25, 0.3) is 5.91 Å². The van der Waals surface area contributed by atoms with Crippen LogP contribution in [0.5, 0.6) is 0 Å². The number of hydrogen-bond donors (Lipinski definition) is 1. The van der Waals surface area contributed by atoms with Gasteiger partial charge >= 0.3 is 0 Å². The number of pyridine rings is 2. The minimum atomic E-state index is 0.0146. The maximum absolute atomic E-state index is 12.9. The summed E-state index contributed by atoms with van der Waals surface area (Å²) in [6, 6.07) is 15.9. The molecule has 0 unspecified atom stereocenters. The summed E-state index contributed by atoms with van der Waals surface area (Å²) in [5.74, 6) is 0.973. The first-order chi connectivity index (χ1) is 13.7. The number of nitrogens with one attached hydrogen (secondary N) is 1. The highest BCUT2D eigenvalue weighted by atomic mass is 16.2. The largest absolute Gasteiger partial charge is 0.354 e. The number of nitrogens with zero attached hydrogens (tertiary/aromatic N) is 4. The Balaban J connectivity index is 1.40. The first kappa shape index (κ1) is 18.0. The Bertz CT molecular complexity index is 935. The highest BCUT2D eigenvalue weighted by Gasteiger charge is 2.23. The van der Waals surface area contributed by atoms with Gasteiger partial charge in [-0.25, -0.2) is 4.98 Å². The van der Waals surface area contributed by atoms with Crippen molar-refractivity contribution in [3.63, 3.8) is 0 Å². The van der Waals surface area contributed by atoms with E-state index in [1.807, 2.05) is 53.4 Å². The molecule has 142 valence electrons. The van der Waals surface area contributed by atoms with E-state index in [-0.39, 0.29) is 5.91 Å². The second kappa shape index (κ2) is 8.08. The van der Waals surface area contributed by atoms with E-state index in [0.717, 1.165) is 30.3 Å². The fourth-order valence-corrected chi connectivity index (χ4v) is 3.29. The van der Waals surface area contributed by atoms with E-state index >= 15 is 0 Å². The number of rotatable bonds is 4. The molecule has 1 saturated heterocycles. The van der Waals surface area contributed by atoms with E-state index in [4.69, 9.17) is 0 Å². The molecule has 1 aromatic carbocycles. The van der Waals surface area contributed by atoms with Crippen LogP contribution in [0.25, 0.3) is 0 Å². The van der Waals surface area contributed by atoms with Gasteiger partial charge in [0.1, 0.15) is 5.82 Å². The Morgan fingerprint density at radius 2 is 1.75 bits per heavy atom. The maximum Gasteiger partial charge on any atom is 0.255 e. The van der Waals surface area contributed by atoms with Crippen LogP contribution in [0.3, 0.4) is 0 Å². The van der Waals surface area contributed by atoms with Crippen molar-refractivity contribution in [1.29, 1.82) is 0 Å². The van der Waals surface area contributed by atoms with Crippen LogP contribution in [0.2, 0.25) is 0 Å². The molecular formula is C22H23N5O. The van der Waals surface area contributed by atoms with Crippen molar-refractivity contribution < 1.29 is 4.79 Å². The van der Waals surface area contributed by atoms with Gasteiger partial charge in [-0.05, 0) is 37.3 Å². The predicted molar refractivity (Wildman–Crippen MR) is 111 cm³/mol. The average molecular weight is 373 g/mol. The van der Waals surface area contributed by atoms with Crippen LogP contribution >= 0.6 is 0 Å². The van der Waals surface area contributed by atoms with Gasteiger partial charge in [0.05, 0.1) is 17.4 Å². The molecule has 28 heavy (non-hydrogen) atoms. The zero-order valence-corrected chi connectivity index (χ0v) is 15.9. The van der Waals surface area contributed by atoms with Crippen LogP contribution in [0, 0.1) is 6.92 Å². The summed E-state index contributed by atoms with van der Waals surface area (Å²) >= 11 is 0. The van der Waals surface area contributed by atoms with Crippen LogP contribution in [-0.2, 0) is 0 Å². The topological polar surface area (TPSA) is 61.4 Å². The van der Waals surface area contributed by atoms with Gasteiger partial charge in [0.15, 0.2) is 0 Å². The molecular weight excluding hydrogens is 350 g/mol. The Kier molecular flexibility index (Phi) is 5.19. The lowest BCUT2D eigenvalue weighted by Crippen LogP contribution is -2.49. The van der Waals surface area contributed by atoms with E-state index in [0.29, 0.717) is 18.7 Å². The molecule has 0 aliphatic carbocycles. The third-order valence-electron chi connectivity index (χ3n) is 4.87. The van der Waals surface area contributed by atoms with Crippen LogP contribution in [0.1, 0.15) is 15.9 Å². The van der Waals surface area contributed by atoms with Crippen molar-refractivity contribution in [3.8, 4) is 0 Å². The fourth-order valence-electron chi connectivity index (χ4n) is 3.29. The second-order valence-corrected chi connectivity index (χ2v) is 6.92. The molecule has 3 heterocycles. The molecule has 0 atom stereocenters. The first-order valence-electron chi connectivity index (χ1n) is 9.43. The maximum atomic E-state index is 12.9. The zero-order chi connectivity index (χ0) is 19.3. The molecule has 1 aliphatic heterocycles. The highest BCUT2D eigenvalue weighted by molar-refractivity contribution is 5.95. The van der Waals surface area contributed by atoms with Gasteiger partial charge in [0.2, 0.25) is 0 Å². The quantitative estimate of drug-likeness (QED) is 0.759. The van der Waals surface area contributed by atoms with E-state index in [9.17, 15) is 4.79 Å². The minimum Gasteiger partial charge on any atom is -0.354 e. The molecule has 6 nitrogen and oxygen atoms in total. The van der Waals surface area contributed by atoms with Crippen LogP contribution in [0.15, 0.2) is 67.1 Å². The molecule has 3 aromatic rings. The third kappa shape index (κ3) is 4.11. The smallest absolute Gasteiger partial charge is 0.255 e. The summed E-state index contributed by atoms with van der Waals surface area (Å²) < 4.78 is 0. The summed E-state index contributed by atoms with van der Waals surface area (Å²) in [6.07, 6.45) is 5.16. The summed E-state index contributed by atoms with van der Waals surface area (Å²) in [4.78, 5) is 25.6. The second-order valence-electron chi connectivity index (χ2n) is 6.92. The summed E-state index contributed by atoms with van der Waals surface area (Å²) in [5.41, 5.74) is 3.59. The predicted octanol–water partition coefficient (Wildman–Crippen LogP) is 3.49. The highest BCUT2D eigenvalue weighted by Crippen LogP contribution is 2.19. The Morgan fingerprint density at radius 1 is 0.964 bits per heavy atom. The minimum absolute atomic E-state index is 0.0146. The Labute approximate surface area is 164 Å². The molecule has 1 aliphatic rings. The van der Waals surface area contributed by atoms with Gasteiger partial charge in [-0.1, -0.05) is 23.8 Å². The molecule has 0 radical (unpaired) electrons. The lowest BCUT2D eigenvalue weighted by atomic mass is 10.2. The number of amides is 1. The molecule has 0 spiro atoms. The summed E-state index contributed by atoms with van der Waals surface area (Å²) in [7, 11) is 0. The van der Waals surface area contributed by atoms with Crippen molar-refractivity contribution in [2.45, 2.75) is 6.92 Å². The molecule has 2 aromatic heterocycles. The number of carbonyl (C=O) groups excluding carboxylic acids is 1. The number of piperazine rings is 1. The number of aryl methyl sites for hydroxylation is 1. The van der Waals surface area contributed by atoms with E-state index < -0.39 is 0 Å². The van der Waals surface area contributed by atoms with Crippen molar-refractivity contribution in [2.24, 2.45) is 0 Å². The van der Waals surface area contributed by atoms with Crippen molar-refractivity contribution in [1.82, 2.24) is 14.9 Å². The molecule has 6 heteroatoms. The van der Waals surface area contributed by atoms with E-state index in [1.54, 1.807) is 18.6 Å². The zero-order valence-electron chi connectivity index (χ0n) is 15.9. The van der Waals surface area contributed by atoms with Crippen molar-refractivity contribution in [3.05, 3.63) is 78.2 Å². The third-order valence-corrected chi connectivity index (χ3v) is 4.87. The SMILES string of the molecule is Cc1ccc(Nc2cncc(C(=O)N3CCN(c4ccccn4)CC3)c2)cc1. The van der Waals surface area contributed by atoms with Gasteiger partial charge in [-0.15, -0.1) is 0 Å². The standard InChI is InChI=1S/C22H23N5O/c1-17-5-7-19(8-6-17)25-20-14-18(15-23-16-20)22(28)27-12-10-26(11-13-27)21-4-2-3-9-24-21/h2-9,14-16,25H,10-13H2,1H3. The Morgan fingerprint density at radius 3 is 2.46 bits per heavy atom. The van der Waals surface area contributed by atoms with Crippen molar-refractivity contribution >= 4 is 23.1 Å². The van der Waals surface area contributed by atoms with Gasteiger partial charge in [-0.2, -0.15) is 0 Å². The monoisotopic (exact) mass is 373 g/mol. The summed E-state index contributed by atoms with van der Waals surface area (Å²) in [6.45, 7) is 4.95. The Hall–Kier alpha value is -3.41. The number of aromatic nitrogens is 2. The number of benzene rings is 1. The number of anilines is 3. The van der Waals surface area contributed by atoms with Crippen LogP contribution in [-0.4, -0.2) is 47.0 Å².